The molecule has 2 atom stereocenters. The second kappa shape index (κ2) is 25.2. The molecule has 0 aromatic heterocycles. The molecule has 13 heteroatoms. The highest BCUT2D eigenvalue weighted by molar-refractivity contribution is 5.94. The Morgan fingerprint density at radius 2 is 1.52 bits per heavy atom. The Kier molecular flexibility index (Phi) is 24.3. The molecule has 0 bridgehead atoms. The van der Waals surface area contributed by atoms with Crippen LogP contribution in [-0.4, -0.2) is 66.8 Å². The minimum atomic E-state index is -4.64. The summed E-state index contributed by atoms with van der Waals surface area (Å²) in [5.41, 5.74) is 8.36. The normalized spacial score (nSPS) is 12.5. The van der Waals surface area contributed by atoms with Gasteiger partial charge in [0.05, 0.1) is 19.2 Å². The highest BCUT2D eigenvalue weighted by Gasteiger charge is 2.25. The monoisotopic (exact) mass is 711 g/mol. The molecular formula is C37H60F3N5O5. The number of nitrogens with zero attached hydrogens (tertiary/aromatic N) is 2. The summed E-state index contributed by atoms with van der Waals surface area (Å²) in [4.78, 5) is 40.6. The average Bonchev–Trinajstić information content (AvgIpc) is 3.04. The molecule has 1 amide bonds. The summed E-state index contributed by atoms with van der Waals surface area (Å²) in [5.74, 6) is 6.42. The zero-order valence-corrected chi connectivity index (χ0v) is 32.0. The number of amides is 1. The zero-order chi connectivity index (χ0) is 39.1. The maximum Gasteiger partial charge on any atom is 0.446 e. The number of Topliss-reactive ketones (excluding diaryl/α,β-unsaturated/α-hetero) is 1. The van der Waals surface area contributed by atoms with Gasteiger partial charge in [0, 0.05) is 25.1 Å². The van der Waals surface area contributed by atoms with Crippen LogP contribution in [0.5, 0.6) is 5.75 Å². The number of nitrogens with one attached hydrogen (secondary N) is 2. The number of halogens is 3. The van der Waals surface area contributed by atoms with Gasteiger partial charge in [-0.05, 0) is 68.9 Å². The van der Waals surface area contributed by atoms with Crippen LogP contribution in [0, 0.1) is 19.3 Å². The first-order chi connectivity index (χ1) is 23.4. The van der Waals surface area contributed by atoms with Crippen molar-refractivity contribution >= 4 is 23.9 Å². The number of ketones is 1. The molecule has 0 heterocycles. The van der Waals surface area contributed by atoms with Crippen LogP contribution < -0.4 is 21.5 Å². The van der Waals surface area contributed by atoms with Crippen molar-refractivity contribution in [3.05, 3.63) is 64.7 Å². The van der Waals surface area contributed by atoms with Crippen molar-refractivity contribution in [2.24, 2.45) is 16.3 Å². The lowest BCUT2D eigenvalue weighted by atomic mass is 9.88. The number of benzene rings is 2. The van der Waals surface area contributed by atoms with Crippen molar-refractivity contribution in [3.63, 3.8) is 0 Å². The van der Waals surface area contributed by atoms with E-state index in [1.165, 1.54) is 0 Å². The van der Waals surface area contributed by atoms with E-state index < -0.39 is 18.6 Å². The van der Waals surface area contributed by atoms with Gasteiger partial charge in [-0.1, -0.05) is 78.8 Å². The quantitative estimate of drug-likeness (QED) is 0.0625. The Morgan fingerprint density at radius 3 is 1.96 bits per heavy atom. The lowest BCUT2D eigenvalue weighted by Gasteiger charge is -2.25. The Labute approximate surface area is 297 Å². The molecule has 0 aliphatic rings. The summed E-state index contributed by atoms with van der Waals surface area (Å²) < 4.78 is 43.2. The molecule has 2 rings (SSSR count). The third kappa shape index (κ3) is 21.3. The molecule has 0 aliphatic heterocycles. The average molecular weight is 712 g/mol. The number of aryl methyl sites for hydroxylation is 2. The number of nitrogens with two attached hydrogens (primary N) is 1. The van der Waals surface area contributed by atoms with Crippen LogP contribution in [0.1, 0.15) is 97.9 Å². The molecule has 2 unspecified atom stereocenters. The number of hydrazine groups is 2. The van der Waals surface area contributed by atoms with Crippen molar-refractivity contribution < 1.29 is 37.0 Å². The summed E-state index contributed by atoms with van der Waals surface area (Å²) in [7, 11) is 0. The predicted molar refractivity (Wildman–Crippen MR) is 195 cm³/mol. The number of aliphatic imine (C=N–C) groups is 1. The van der Waals surface area contributed by atoms with Crippen LogP contribution >= 0.6 is 0 Å². The van der Waals surface area contributed by atoms with Crippen LogP contribution in [0.2, 0.25) is 0 Å². The van der Waals surface area contributed by atoms with Crippen LogP contribution in [0.4, 0.5) is 13.2 Å². The number of rotatable bonds is 14. The zero-order valence-electron chi connectivity index (χ0n) is 32.0. The van der Waals surface area contributed by atoms with Crippen molar-refractivity contribution in [3.8, 4) is 5.75 Å². The molecule has 2 aromatic carbocycles. The molecule has 0 saturated carbocycles. The molecule has 0 radical (unpaired) electrons. The third-order valence-electron chi connectivity index (χ3n) is 6.25. The SMILES string of the molecule is CC.CC.CCOC(=NC(C)CN(CC(=O)NNN)Cc1cc(C)c(OC(C)C(=O)CC(C)(C)C)c(C)c1)c1ccccc1.O=CC(F)(F)F. The number of alkyl halides is 3. The fourth-order valence-electron chi connectivity index (χ4n) is 4.52. The Balaban J connectivity index is 0. The maximum absolute atomic E-state index is 12.7. The van der Waals surface area contributed by atoms with E-state index in [0.29, 0.717) is 32.0 Å². The lowest BCUT2D eigenvalue weighted by Crippen LogP contribution is -2.47. The van der Waals surface area contributed by atoms with Gasteiger partial charge in [-0.2, -0.15) is 18.7 Å². The summed E-state index contributed by atoms with van der Waals surface area (Å²) >= 11 is 0. The van der Waals surface area contributed by atoms with Crippen molar-refractivity contribution in [2.45, 2.75) is 114 Å². The van der Waals surface area contributed by atoms with Crippen molar-refractivity contribution in [2.75, 3.05) is 19.7 Å². The van der Waals surface area contributed by atoms with Gasteiger partial charge in [0.1, 0.15) is 5.75 Å². The number of aldehydes is 1. The van der Waals surface area contributed by atoms with Crippen molar-refractivity contribution in [1.82, 2.24) is 15.9 Å². The number of hydrogen-bond acceptors (Lipinski definition) is 9. The molecule has 0 saturated heterocycles. The van der Waals surface area contributed by atoms with Crippen molar-refractivity contribution in [1.29, 1.82) is 0 Å². The highest BCUT2D eigenvalue weighted by atomic mass is 19.4. The molecule has 0 aliphatic carbocycles. The predicted octanol–water partition coefficient (Wildman–Crippen LogP) is 7.04. The summed E-state index contributed by atoms with van der Waals surface area (Å²) in [6, 6.07) is 13.7. The standard InChI is InChI=1S/C31H47N5O4.C2HF3O.2C2H6/c1-9-39-30(26-13-11-10-12-14-26)33-23(4)18-36(20-28(38)34-35-32)19-25-15-21(2)29(22(3)16-25)40-24(5)27(37)17-31(6,7)8;3-2(4,5)1-6;2*1-2/h10-16,23-24,35H,9,17-20,32H2,1-8H3,(H,34,38);1H;2*1-2H3. The number of carbonyl (C=O) groups is 3. The molecule has 284 valence electrons. The molecule has 0 spiro atoms. The smallest absolute Gasteiger partial charge is 0.446 e. The first-order valence-corrected chi connectivity index (χ1v) is 16.9. The van der Waals surface area contributed by atoms with Gasteiger partial charge in [0.25, 0.3) is 0 Å². The largest absolute Gasteiger partial charge is 0.482 e. The molecular weight excluding hydrogens is 651 g/mol. The second-order valence-electron chi connectivity index (χ2n) is 12.1. The van der Waals surface area contributed by atoms with Crippen LogP contribution in [-0.2, 0) is 25.7 Å². The van der Waals surface area contributed by atoms with E-state index in [2.05, 4.69) is 11.0 Å². The number of hydrogen-bond donors (Lipinski definition) is 3. The Morgan fingerprint density at radius 1 is 1.00 bits per heavy atom. The van der Waals surface area contributed by atoms with E-state index in [9.17, 15) is 22.8 Å². The summed E-state index contributed by atoms with van der Waals surface area (Å²) in [6.07, 6.45) is -5.78. The topological polar surface area (TPSA) is 135 Å². The fraction of sp³-hybridized carbons (Fsp3) is 0.568. The minimum absolute atomic E-state index is 0.0811. The molecule has 0 fully saturated rings. The van der Waals surface area contributed by atoms with E-state index in [-0.39, 0.29) is 29.7 Å². The van der Waals surface area contributed by atoms with E-state index in [4.69, 9.17) is 25.1 Å². The van der Waals surface area contributed by atoms with E-state index in [1.54, 1.807) is 6.92 Å². The van der Waals surface area contributed by atoms with Crippen LogP contribution in [0.15, 0.2) is 47.5 Å². The number of ether oxygens (including phenoxy) is 2. The minimum Gasteiger partial charge on any atom is -0.482 e. The molecule has 4 N–H and O–H groups in total. The van der Waals surface area contributed by atoms with Crippen LogP contribution in [0.25, 0.3) is 0 Å². The van der Waals surface area contributed by atoms with Gasteiger partial charge in [0.15, 0.2) is 11.9 Å². The third-order valence-corrected chi connectivity index (χ3v) is 6.25. The first-order valence-electron chi connectivity index (χ1n) is 16.9. The fourth-order valence-corrected chi connectivity index (χ4v) is 4.52. The number of carbonyl (C=O) groups excluding carboxylic acids is 3. The Hall–Kier alpha value is -3.81. The summed E-state index contributed by atoms with van der Waals surface area (Å²) in [5, 5.41) is 0. The summed E-state index contributed by atoms with van der Waals surface area (Å²) in [6.45, 7) is 25.5. The van der Waals surface area contributed by atoms with Gasteiger partial charge in [0.2, 0.25) is 18.1 Å². The van der Waals surface area contributed by atoms with Gasteiger partial charge in [-0.3, -0.25) is 30.6 Å². The Bertz CT molecular complexity index is 1280. The van der Waals surface area contributed by atoms with E-state index in [0.717, 1.165) is 28.0 Å². The molecule has 50 heavy (non-hydrogen) atoms. The highest BCUT2D eigenvalue weighted by Crippen LogP contribution is 2.28. The van der Waals surface area contributed by atoms with E-state index in [1.807, 2.05) is 124 Å². The maximum atomic E-state index is 12.7. The van der Waals surface area contributed by atoms with Gasteiger partial charge in [-0.15, -0.1) is 0 Å². The second-order valence-corrected chi connectivity index (χ2v) is 12.1. The van der Waals surface area contributed by atoms with Gasteiger partial charge < -0.3 is 9.47 Å². The molecule has 10 nitrogen and oxygen atoms in total. The molecule has 2 aromatic rings. The van der Waals surface area contributed by atoms with Crippen LogP contribution in [0.3, 0.4) is 0 Å². The first kappa shape index (κ1) is 48.3. The van der Waals surface area contributed by atoms with Gasteiger partial charge in [-0.25, -0.2) is 4.99 Å². The van der Waals surface area contributed by atoms with Gasteiger partial charge >= 0.3 is 6.18 Å². The lowest BCUT2D eigenvalue weighted by molar-refractivity contribution is -0.156. The van der Waals surface area contributed by atoms with E-state index >= 15 is 0 Å².